The van der Waals surface area contributed by atoms with E-state index in [2.05, 4.69) is 15.6 Å². The van der Waals surface area contributed by atoms with Crippen molar-refractivity contribution in [2.75, 3.05) is 26.2 Å². The number of ether oxygens (including phenoxy) is 1. The van der Waals surface area contributed by atoms with Crippen LogP contribution in [0.5, 0.6) is 0 Å². The zero-order chi connectivity index (χ0) is 23.4. The number of aromatic amines is 1. The number of hydrogen-bond acceptors (Lipinski definition) is 5. The first-order chi connectivity index (χ1) is 15.9. The lowest BCUT2D eigenvalue weighted by Gasteiger charge is -2.22. The topological polar surface area (TPSA) is 121 Å². The van der Waals surface area contributed by atoms with E-state index in [1.807, 2.05) is 30.5 Å². The molecule has 2 amide bonds. The lowest BCUT2D eigenvalue weighted by molar-refractivity contribution is -0.139. The van der Waals surface area contributed by atoms with Crippen molar-refractivity contribution < 1.29 is 22.7 Å². The molecule has 0 aliphatic carbocycles. The molecule has 3 aromatic rings. The smallest absolute Gasteiger partial charge is 0.309 e. The van der Waals surface area contributed by atoms with Crippen LogP contribution < -0.4 is 10.6 Å². The third-order valence-electron chi connectivity index (χ3n) is 5.36. The highest BCUT2D eigenvalue weighted by molar-refractivity contribution is 7.89. The Hall–Kier alpha value is -2.92. The molecule has 4 rings (SSSR count). The van der Waals surface area contributed by atoms with Crippen LogP contribution >= 0.6 is 11.6 Å². The number of aromatic nitrogens is 1. The number of amides is 2. The van der Waals surface area contributed by atoms with Crippen molar-refractivity contribution in [3.63, 3.8) is 0 Å². The van der Waals surface area contributed by atoms with Gasteiger partial charge in [0, 0.05) is 35.2 Å². The summed E-state index contributed by atoms with van der Waals surface area (Å²) in [6.07, 6.45) is 1.53. The molecule has 0 bridgehead atoms. The molecular weight excluding hydrogens is 468 g/mol. The molecule has 0 saturated carbocycles. The first-order valence-electron chi connectivity index (χ1n) is 10.4. The van der Waals surface area contributed by atoms with Crippen molar-refractivity contribution in [1.29, 1.82) is 0 Å². The number of sulfonamides is 1. The number of rotatable bonds is 7. The van der Waals surface area contributed by atoms with Crippen molar-refractivity contribution in [2.45, 2.75) is 17.5 Å². The highest BCUT2D eigenvalue weighted by atomic mass is 35.5. The van der Waals surface area contributed by atoms with Crippen LogP contribution in [0.25, 0.3) is 10.9 Å². The SMILES string of the molecule is O=C(NCCc1c[nH]c2ccccc12)C(=O)NC[C@H]1OCCN1S(=O)(=O)c1ccc(Cl)cc1. The molecule has 1 aromatic heterocycles. The average Bonchev–Trinajstić information content (AvgIpc) is 3.45. The van der Waals surface area contributed by atoms with E-state index in [1.165, 1.54) is 24.3 Å². The number of benzene rings is 2. The van der Waals surface area contributed by atoms with Gasteiger partial charge in [-0.3, -0.25) is 9.59 Å². The van der Waals surface area contributed by atoms with Gasteiger partial charge in [0.1, 0.15) is 6.23 Å². The summed E-state index contributed by atoms with van der Waals surface area (Å²) in [7, 11) is -3.84. The number of halogens is 1. The number of H-pyrrole nitrogens is 1. The summed E-state index contributed by atoms with van der Waals surface area (Å²) in [6, 6.07) is 13.6. The van der Waals surface area contributed by atoms with Crippen LogP contribution in [0.1, 0.15) is 5.56 Å². The molecule has 2 heterocycles. The summed E-state index contributed by atoms with van der Waals surface area (Å²) >= 11 is 5.84. The summed E-state index contributed by atoms with van der Waals surface area (Å²) in [4.78, 5) is 27.6. The maximum atomic E-state index is 12.9. The summed E-state index contributed by atoms with van der Waals surface area (Å²) in [5.74, 6) is -1.65. The number of hydrogen-bond donors (Lipinski definition) is 3. The van der Waals surface area contributed by atoms with Crippen molar-refractivity contribution in [1.82, 2.24) is 19.9 Å². The van der Waals surface area contributed by atoms with E-state index >= 15 is 0 Å². The van der Waals surface area contributed by atoms with Gasteiger partial charge >= 0.3 is 11.8 Å². The second-order valence-corrected chi connectivity index (χ2v) is 9.80. The van der Waals surface area contributed by atoms with Crippen LogP contribution in [-0.4, -0.2) is 62.0 Å². The molecule has 1 aliphatic heterocycles. The maximum absolute atomic E-state index is 12.9. The molecule has 1 fully saturated rings. The van der Waals surface area contributed by atoms with Crippen LogP contribution in [0.15, 0.2) is 59.6 Å². The second-order valence-electron chi connectivity index (χ2n) is 7.47. The predicted molar refractivity (Wildman–Crippen MR) is 123 cm³/mol. The summed E-state index contributed by atoms with van der Waals surface area (Å²) in [5.41, 5.74) is 2.04. The molecule has 11 heteroatoms. The number of carbonyl (C=O) groups excluding carboxylic acids is 2. The molecule has 0 unspecified atom stereocenters. The number of nitrogens with one attached hydrogen (secondary N) is 3. The molecule has 1 saturated heterocycles. The van der Waals surface area contributed by atoms with Crippen molar-refractivity contribution >= 4 is 44.3 Å². The minimum atomic E-state index is -3.84. The maximum Gasteiger partial charge on any atom is 0.309 e. The van der Waals surface area contributed by atoms with E-state index in [9.17, 15) is 18.0 Å². The second kappa shape index (κ2) is 9.92. The standard InChI is InChI=1S/C22H23ClN4O5S/c23-16-5-7-17(8-6-16)33(30,31)27-11-12-32-20(27)14-26-22(29)21(28)24-10-9-15-13-25-19-4-2-1-3-18(15)19/h1-8,13,20,25H,9-12,14H2,(H,24,28)(H,26,29)/t20-/m1/s1. The zero-order valence-electron chi connectivity index (χ0n) is 17.6. The van der Waals surface area contributed by atoms with Crippen LogP contribution in [-0.2, 0) is 30.8 Å². The molecule has 0 spiro atoms. The fraction of sp³-hybridized carbons (Fsp3) is 0.273. The van der Waals surface area contributed by atoms with Gasteiger partial charge < -0.3 is 20.4 Å². The van der Waals surface area contributed by atoms with E-state index in [4.69, 9.17) is 16.3 Å². The van der Waals surface area contributed by atoms with Gasteiger partial charge in [0.15, 0.2) is 0 Å². The molecule has 174 valence electrons. The minimum absolute atomic E-state index is 0.0729. The molecule has 0 radical (unpaired) electrons. The summed E-state index contributed by atoms with van der Waals surface area (Å²) in [6.45, 7) is 0.457. The van der Waals surface area contributed by atoms with Gasteiger partial charge in [-0.15, -0.1) is 0 Å². The summed E-state index contributed by atoms with van der Waals surface area (Å²) in [5, 5.41) is 6.52. The monoisotopic (exact) mass is 490 g/mol. The van der Waals surface area contributed by atoms with Crippen molar-refractivity contribution in [2.24, 2.45) is 0 Å². The highest BCUT2D eigenvalue weighted by Gasteiger charge is 2.36. The van der Waals surface area contributed by atoms with E-state index in [1.54, 1.807) is 0 Å². The lowest BCUT2D eigenvalue weighted by Crippen LogP contribution is -2.47. The molecule has 3 N–H and O–H groups in total. The molecule has 2 aromatic carbocycles. The van der Waals surface area contributed by atoms with Gasteiger partial charge in [0.25, 0.3) is 0 Å². The van der Waals surface area contributed by atoms with E-state index < -0.39 is 28.1 Å². The number of para-hydroxylation sites is 1. The van der Waals surface area contributed by atoms with Crippen molar-refractivity contribution in [3.8, 4) is 0 Å². The highest BCUT2D eigenvalue weighted by Crippen LogP contribution is 2.23. The minimum Gasteiger partial charge on any atom is -0.361 e. The van der Waals surface area contributed by atoms with Gasteiger partial charge in [-0.2, -0.15) is 4.31 Å². The molecule has 9 nitrogen and oxygen atoms in total. The molecule has 1 atom stereocenters. The fourth-order valence-electron chi connectivity index (χ4n) is 3.67. The number of carbonyl (C=O) groups is 2. The Morgan fingerprint density at radius 2 is 1.82 bits per heavy atom. The molecular formula is C22H23ClN4O5S. The third kappa shape index (κ3) is 5.19. The third-order valence-corrected chi connectivity index (χ3v) is 7.52. The zero-order valence-corrected chi connectivity index (χ0v) is 19.2. The Labute approximate surface area is 196 Å². The molecule has 1 aliphatic rings. The van der Waals surface area contributed by atoms with Gasteiger partial charge in [-0.25, -0.2) is 8.42 Å². The van der Waals surface area contributed by atoms with Crippen LogP contribution in [0, 0.1) is 0 Å². The normalized spacial score (nSPS) is 16.7. The van der Waals surface area contributed by atoms with Gasteiger partial charge in [0.05, 0.1) is 18.0 Å². The average molecular weight is 491 g/mol. The van der Waals surface area contributed by atoms with Gasteiger partial charge in [-0.1, -0.05) is 29.8 Å². The number of nitrogens with zero attached hydrogens (tertiary/aromatic N) is 1. The Morgan fingerprint density at radius 1 is 1.09 bits per heavy atom. The number of fused-ring (bicyclic) bond motifs is 1. The fourth-order valence-corrected chi connectivity index (χ4v) is 5.31. The summed E-state index contributed by atoms with van der Waals surface area (Å²) < 4.78 is 32.4. The van der Waals surface area contributed by atoms with Crippen LogP contribution in [0.4, 0.5) is 0 Å². The Morgan fingerprint density at radius 3 is 2.61 bits per heavy atom. The van der Waals surface area contributed by atoms with Crippen LogP contribution in [0.3, 0.4) is 0 Å². The largest absolute Gasteiger partial charge is 0.361 e. The Balaban J connectivity index is 1.28. The van der Waals surface area contributed by atoms with Gasteiger partial charge in [0.2, 0.25) is 10.0 Å². The first kappa shape index (κ1) is 23.2. The van der Waals surface area contributed by atoms with E-state index in [-0.39, 0.29) is 31.1 Å². The van der Waals surface area contributed by atoms with E-state index in [0.29, 0.717) is 11.4 Å². The van der Waals surface area contributed by atoms with E-state index in [0.717, 1.165) is 20.8 Å². The van der Waals surface area contributed by atoms with Crippen molar-refractivity contribution in [3.05, 3.63) is 65.3 Å². The lowest BCUT2D eigenvalue weighted by atomic mass is 10.1. The predicted octanol–water partition coefficient (Wildman–Crippen LogP) is 1.64. The Bertz CT molecular complexity index is 1260. The van der Waals surface area contributed by atoms with Crippen LogP contribution in [0.2, 0.25) is 5.02 Å². The quantitative estimate of drug-likeness (QED) is 0.435. The first-order valence-corrected chi connectivity index (χ1v) is 12.2. The Kier molecular flexibility index (Phi) is 6.99. The van der Waals surface area contributed by atoms with Gasteiger partial charge in [-0.05, 0) is 42.3 Å². The molecule has 33 heavy (non-hydrogen) atoms.